The minimum Gasteiger partial charge on any atom is -0.447 e. The van der Waals surface area contributed by atoms with Gasteiger partial charge in [-0.3, -0.25) is 4.79 Å². The first-order valence-electron chi connectivity index (χ1n) is 6.44. The zero-order chi connectivity index (χ0) is 14.1. The third-order valence-electron chi connectivity index (χ3n) is 3.22. The minimum atomic E-state index is -0.568. The van der Waals surface area contributed by atoms with Crippen molar-refractivity contribution in [1.29, 1.82) is 0 Å². The molecule has 0 radical (unpaired) electrons. The molecule has 1 saturated carbocycles. The number of cyclic esters (lactones) is 1. The molecule has 0 aromatic carbocycles. The predicted octanol–water partition coefficient (Wildman–Crippen LogP) is 0.143. The van der Waals surface area contributed by atoms with Gasteiger partial charge in [0, 0.05) is 6.04 Å². The molecule has 1 aliphatic carbocycles. The number of nitrogens with zero attached hydrogens (tertiary/aromatic N) is 4. The van der Waals surface area contributed by atoms with Gasteiger partial charge in [0.25, 0.3) is 0 Å². The van der Waals surface area contributed by atoms with Crippen LogP contribution < -0.4 is 5.73 Å². The molecule has 2 heterocycles. The van der Waals surface area contributed by atoms with Crippen LogP contribution in [0.25, 0.3) is 0 Å². The van der Waals surface area contributed by atoms with Crippen LogP contribution in [-0.4, -0.2) is 50.6 Å². The molecule has 2 aliphatic rings. The molecule has 20 heavy (non-hydrogen) atoms. The van der Waals surface area contributed by atoms with Gasteiger partial charge >= 0.3 is 6.09 Å². The largest absolute Gasteiger partial charge is 0.447 e. The van der Waals surface area contributed by atoms with Gasteiger partial charge < -0.3 is 15.0 Å². The van der Waals surface area contributed by atoms with E-state index in [2.05, 4.69) is 10.2 Å². The first-order chi connectivity index (χ1) is 9.70. The van der Waals surface area contributed by atoms with Crippen molar-refractivity contribution in [2.24, 2.45) is 5.73 Å². The van der Waals surface area contributed by atoms with E-state index in [0.717, 1.165) is 23.6 Å². The van der Waals surface area contributed by atoms with Crippen LogP contribution in [0, 0.1) is 0 Å². The van der Waals surface area contributed by atoms with Gasteiger partial charge in [0.05, 0.1) is 18.8 Å². The van der Waals surface area contributed by atoms with Crippen molar-refractivity contribution in [2.75, 3.05) is 18.9 Å². The quantitative estimate of drug-likeness (QED) is 0.771. The van der Waals surface area contributed by atoms with E-state index in [9.17, 15) is 9.59 Å². The number of nitrogens with two attached hydrogens (primary N) is 1. The highest BCUT2D eigenvalue weighted by atomic mass is 32.2. The van der Waals surface area contributed by atoms with Crippen molar-refractivity contribution in [1.82, 2.24) is 19.7 Å². The number of hydrogen-bond donors (Lipinski definition) is 1. The van der Waals surface area contributed by atoms with Crippen LogP contribution in [0.2, 0.25) is 0 Å². The SMILES string of the molecule is NCc1nnc(SCC(=O)N2CCOC2=O)n1C1CC1. The topological polar surface area (TPSA) is 103 Å². The number of aromatic nitrogens is 3. The van der Waals surface area contributed by atoms with Crippen molar-refractivity contribution in [3.63, 3.8) is 0 Å². The normalized spacial score (nSPS) is 18.4. The molecule has 8 nitrogen and oxygen atoms in total. The highest BCUT2D eigenvalue weighted by Crippen LogP contribution is 2.38. The summed E-state index contributed by atoms with van der Waals surface area (Å²) in [5.41, 5.74) is 5.63. The molecule has 2 amide bonds. The zero-order valence-electron chi connectivity index (χ0n) is 10.8. The minimum absolute atomic E-state index is 0.143. The fourth-order valence-corrected chi connectivity index (χ4v) is 2.97. The van der Waals surface area contributed by atoms with Crippen LogP contribution in [0.1, 0.15) is 24.7 Å². The third kappa shape index (κ3) is 2.50. The summed E-state index contributed by atoms with van der Waals surface area (Å²) in [7, 11) is 0. The van der Waals surface area contributed by atoms with E-state index in [1.54, 1.807) is 0 Å². The fourth-order valence-electron chi connectivity index (χ4n) is 2.07. The Labute approximate surface area is 119 Å². The number of carbonyl (C=O) groups is 2. The summed E-state index contributed by atoms with van der Waals surface area (Å²) in [6.07, 6.45) is 1.61. The Balaban J connectivity index is 1.65. The molecule has 108 valence electrons. The molecule has 0 atom stereocenters. The van der Waals surface area contributed by atoms with Crippen LogP contribution in [0.5, 0.6) is 0 Å². The van der Waals surface area contributed by atoms with E-state index in [-0.39, 0.29) is 18.3 Å². The van der Waals surface area contributed by atoms with Crippen molar-refractivity contribution in [3.05, 3.63) is 5.82 Å². The Morgan fingerprint density at radius 2 is 2.25 bits per heavy atom. The van der Waals surface area contributed by atoms with Crippen LogP contribution in [0.3, 0.4) is 0 Å². The van der Waals surface area contributed by atoms with E-state index >= 15 is 0 Å². The number of ether oxygens (including phenoxy) is 1. The smallest absolute Gasteiger partial charge is 0.416 e. The summed E-state index contributed by atoms with van der Waals surface area (Å²) in [5.74, 6) is 0.616. The van der Waals surface area contributed by atoms with E-state index < -0.39 is 6.09 Å². The molecule has 0 unspecified atom stereocenters. The standard InChI is InChI=1S/C11H15N5O3S/c12-5-8-13-14-10(16(8)7-1-2-7)20-6-9(17)15-3-4-19-11(15)18/h7H,1-6,12H2. The number of imide groups is 1. The van der Waals surface area contributed by atoms with E-state index in [4.69, 9.17) is 10.5 Å². The summed E-state index contributed by atoms with van der Waals surface area (Å²) in [6.45, 7) is 0.920. The second-order valence-corrected chi connectivity index (χ2v) is 5.60. The molecule has 1 saturated heterocycles. The van der Waals surface area contributed by atoms with E-state index in [1.165, 1.54) is 11.8 Å². The van der Waals surface area contributed by atoms with Crippen LogP contribution in [0.15, 0.2) is 5.16 Å². The van der Waals surface area contributed by atoms with Crippen LogP contribution in [-0.2, 0) is 16.1 Å². The van der Waals surface area contributed by atoms with Gasteiger partial charge in [-0.25, -0.2) is 9.69 Å². The van der Waals surface area contributed by atoms with Crippen molar-refractivity contribution < 1.29 is 14.3 Å². The lowest BCUT2D eigenvalue weighted by atomic mass is 10.5. The molecular weight excluding hydrogens is 282 g/mol. The van der Waals surface area contributed by atoms with Gasteiger partial charge in [-0.2, -0.15) is 0 Å². The second kappa shape index (κ2) is 5.41. The maximum Gasteiger partial charge on any atom is 0.416 e. The van der Waals surface area contributed by atoms with Gasteiger partial charge in [-0.1, -0.05) is 11.8 Å². The van der Waals surface area contributed by atoms with Gasteiger partial charge in [0.1, 0.15) is 12.4 Å². The maximum absolute atomic E-state index is 11.9. The van der Waals surface area contributed by atoms with Gasteiger partial charge in [-0.15, -0.1) is 10.2 Å². The van der Waals surface area contributed by atoms with Crippen LogP contribution >= 0.6 is 11.8 Å². The monoisotopic (exact) mass is 297 g/mol. The lowest BCUT2D eigenvalue weighted by molar-refractivity contribution is -0.125. The first kappa shape index (κ1) is 13.4. The lowest BCUT2D eigenvalue weighted by Crippen LogP contribution is -2.33. The maximum atomic E-state index is 11.9. The summed E-state index contributed by atoms with van der Waals surface area (Å²) >= 11 is 1.28. The number of thioether (sulfide) groups is 1. The average molecular weight is 297 g/mol. The first-order valence-corrected chi connectivity index (χ1v) is 7.43. The number of hydrogen-bond acceptors (Lipinski definition) is 7. The molecule has 2 N–H and O–H groups in total. The molecule has 0 spiro atoms. The number of amides is 2. The van der Waals surface area contributed by atoms with E-state index in [1.807, 2.05) is 4.57 Å². The summed E-state index contributed by atoms with van der Waals surface area (Å²) < 4.78 is 6.74. The zero-order valence-corrected chi connectivity index (χ0v) is 11.6. The molecule has 1 aliphatic heterocycles. The molecule has 2 fully saturated rings. The lowest BCUT2D eigenvalue weighted by Gasteiger charge is -2.10. The molecule has 1 aromatic rings. The molecule has 3 rings (SSSR count). The Hall–Kier alpha value is -1.61. The Morgan fingerprint density at radius 1 is 1.45 bits per heavy atom. The number of rotatable bonds is 5. The Kier molecular flexibility index (Phi) is 3.62. The van der Waals surface area contributed by atoms with Crippen molar-refractivity contribution in [3.8, 4) is 0 Å². The highest BCUT2D eigenvalue weighted by molar-refractivity contribution is 7.99. The van der Waals surface area contributed by atoms with Crippen molar-refractivity contribution in [2.45, 2.75) is 30.6 Å². The fraction of sp³-hybridized carbons (Fsp3) is 0.636. The van der Waals surface area contributed by atoms with Gasteiger partial charge in [-0.05, 0) is 12.8 Å². The van der Waals surface area contributed by atoms with Crippen molar-refractivity contribution >= 4 is 23.8 Å². The third-order valence-corrected chi connectivity index (χ3v) is 4.14. The van der Waals surface area contributed by atoms with Gasteiger partial charge in [0.15, 0.2) is 5.16 Å². The Morgan fingerprint density at radius 3 is 2.85 bits per heavy atom. The summed E-state index contributed by atoms with van der Waals surface area (Å²) in [6, 6.07) is 0.401. The summed E-state index contributed by atoms with van der Waals surface area (Å²) in [4.78, 5) is 24.3. The van der Waals surface area contributed by atoms with Crippen LogP contribution in [0.4, 0.5) is 4.79 Å². The van der Waals surface area contributed by atoms with Gasteiger partial charge in [0.2, 0.25) is 5.91 Å². The molecule has 0 bridgehead atoms. The second-order valence-electron chi connectivity index (χ2n) is 4.65. The predicted molar refractivity (Wildman–Crippen MR) is 70.0 cm³/mol. The Bertz CT molecular complexity index is 542. The molecule has 9 heteroatoms. The highest BCUT2D eigenvalue weighted by Gasteiger charge is 2.31. The molecular formula is C11H15N5O3S. The van der Waals surface area contributed by atoms with E-state index in [0.29, 0.717) is 24.3 Å². The summed E-state index contributed by atoms with van der Waals surface area (Å²) in [5, 5.41) is 8.80. The number of carbonyl (C=O) groups excluding carboxylic acids is 2. The average Bonchev–Trinajstić information content (AvgIpc) is 3.05. The molecule has 1 aromatic heterocycles.